The van der Waals surface area contributed by atoms with Gasteiger partial charge in [0.1, 0.15) is 0 Å². The number of unbranched alkanes of at least 4 members (excludes halogenated alkanes) is 11. The molecule has 2 saturated heterocycles. The second kappa shape index (κ2) is 17.5. The van der Waals surface area contributed by atoms with Crippen LogP contribution < -0.4 is 18.9 Å². The molecule has 2 aromatic rings. The van der Waals surface area contributed by atoms with Crippen molar-refractivity contribution < 1.29 is 48.3 Å². The molecule has 12 rings (SSSR count). The summed E-state index contributed by atoms with van der Waals surface area (Å²) in [5, 5.41) is 25.1. The number of esters is 2. The van der Waals surface area contributed by atoms with Crippen LogP contribution in [0.5, 0.6) is 23.0 Å². The Labute approximate surface area is 401 Å². The number of benzene rings is 2. The highest BCUT2D eigenvalue weighted by Crippen LogP contribution is 2.67. The van der Waals surface area contributed by atoms with E-state index < -0.39 is 34.2 Å². The van der Waals surface area contributed by atoms with Crippen molar-refractivity contribution in [3.05, 3.63) is 46.5 Å². The van der Waals surface area contributed by atoms with Gasteiger partial charge in [-0.15, -0.1) is 0 Å². The van der Waals surface area contributed by atoms with Gasteiger partial charge in [-0.3, -0.25) is 29.0 Å². The number of likely N-dealkylation sites (tertiary alicyclic amines) is 2. The van der Waals surface area contributed by atoms with Gasteiger partial charge in [-0.25, -0.2) is 0 Å². The van der Waals surface area contributed by atoms with Gasteiger partial charge < -0.3 is 29.2 Å². The van der Waals surface area contributed by atoms with E-state index in [9.17, 15) is 29.4 Å². The molecule has 0 unspecified atom stereocenters. The van der Waals surface area contributed by atoms with Crippen LogP contribution in [-0.2, 0) is 42.8 Å². The third kappa shape index (κ3) is 7.24. The Morgan fingerprint density at radius 1 is 0.559 bits per heavy atom. The number of aliphatic hydroxyl groups is 2. The molecule has 12 heteroatoms. The highest BCUT2D eigenvalue weighted by molar-refractivity contribution is 5.91. The van der Waals surface area contributed by atoms with Crippen LogP contribution in [0.15, 0.2) is 24.3 Å². The summed E-state index contributed by atoms with van der Waals surface area (Å²) in [4.78, 5) is 58.0. The molecule has 0 aromatic heterocycles. The largest absolute Gasteiger partial charge is 0.477 e. The maximum absolute atomic E-state index is 13.4. The summed E-state index contributed by atoms with van der Waals surface area (Å²) in [5.74, 6) is 2.77. The molecule has 12 nitrogen and oxygen atoms in total. The number of piperidine rings is 2. The van der Waals surface area contributed by atoms with Crippen LogP contribution in [0.1, 0.15) is 176 Å². The minimum Gasteiger partial charge on any atom is -0.477 e. The van der Waals surface area contributed by atoms with Gasteiger partial charge in [-0.05, 0) is 125 Å². The summed E-state index contributed by atoms with van der Waals surface area (Å²) < 4.78 is 24.9. The van der Waals surface area contributed by atoms with Crippen LogP contribution in [0, 0.1) is 11.8 Å². The average molecular weight is 933 g/mol. The molecule has 366 valence electrons. The Kier molecular flexibility index (Phi) is 11.6. The van der Waals surface area contributed by atoms with Crippen LogP contribution in [0.3, 0.4) is 0 Å². The van der Waals surface area contributed by atoms with Crippen molar-refractivity contribution in [3.8, 4) is 23.0 Å². The topological polar surface area (TPSA) is 152 Å². The van der Waals surface area contributed by atoms with Crippen LogP contribution in [-0.4, -0.2) is 105 Å². The van der Waals surface area contributed by atoms with Crippen molar-refractivity contribution in [2.45, 2.75) is 213 Å². The molecule has 0 amide bonds. The van der Waals surface area contributed by atoms with Crippen molar-refractivity contribution >= 4 is 23.5 Å². The predicted molar refractivity (Wildman–Crippen MR) is 252 cm³/mol. The molecule has 68 heavy (non-hydrogen) atoms. The van der Waals surface area contributed by atoms with E-state index in [0.717, 1.165) is 124 Å². The van der Waals surface area contributed by atoms with E-state index in [4.69, 9.17) is 18.9 Å². The third-order valence-electron chi connectivity index (χ3n) is 19.0. The van der Waals surface area contributed by atoms with Gasteiger partial charge in [0.25, 0.3) is 0 Å². The van der Waals surface area contributed by atoms with E-state index in [2.05, 4.69) is 9.80 Å². The number of carbonyl (C=O) groups excluding carboxylic acids is 4. The first-order chi connectivity index (χ1) is 33.0. The molecule has 0 radical (unpaired) electrons. The summed E-state index contributed by atoms with van der Waals surface area (Å²) in [6.45, 7) is 3.72. The molecule has 6 aliphatic carbocycles. The summed E-state index contributed by atoms with van der Waals surface area (Å²) in [5.41, 5.74) is 0.489. The van der Waals surface area contributed by atoms with Crippen molar-refractivity contribution in [1.82, 2.24) is 9.80 Å². The van der Waals surface area contributed by atoms with E-state index in [1.807, 2.05) is 24.3 Å². The number of rotatable bonds is 21. The molecule has 4 aliphatic heterocycles. The molecular weight excluding hydrogens is 861 g/mol. The second-order valence-corrected chi connectivity index (χ2v) is 23.1. The Morgan fingerprint density at radius 3 is 1.32 bits per heavy atom. The molecular formula is C56H72N2O10. The lowest BCUT2D eigenvalue weighted by Gasteiger charge is -2.62. The van der Waals surface area contributed by atoms with Crippen LogP contribution in [0.4, 0.5) is 0 Å². The van der Waals surface area contributed by atoms with Gasteiger partial charge in [-0.1, -0.05) is 76.3 Å². The van der Waals surface area contributed by atoms with E-state index in [-0.39, 0.29) is 35.6 Å². The molecule has 4 saturated carbocycles. The lowest BCUT2D eigenvalue weighted by atomic mass is 9.49. The first-order valence-electron chi connectivity index (χ1n) is 27.1. The minimum absolute atomic E-state index is 0.0257. The zero-order valence-electron chi connectivity index (χ0n) is 40.0. The van der Waals surface area contributed by atoms with E-state index in [1.54, 1.807) is 0 Å². The standard InChI is InChI=1S/C56H72N2O10/c59-39-23-25-55(63)43-31-37-19-21-41(49-47(37)53(55,51(39)67-49)27-29-57(43)33-35-15-16-35)65-45(61)13-11-9-7-5-3-1-2-4-6-8-10-12-14-46(62)66-42-22-20-38-32-44-56(64)26-24-40(60)52-54(56,48(38)50(42)68-52)28-30-58(44)34-36-17-18-36/h19-22,35-36,43-44,51-52,63-64H,1-18,23-34H2/t43-,44-,51+,52+,53+,54+,55-,56-/m1/s1. The lowest BCUT2D eigenvalue weighted by molar-refractivity contribution is -0.188. The van der Waals surface area contributed by atoms with Crippen molar-refractivity contribution in [2.24, 2.45) is 11.8 Å². The van der Waals surface area contributed by atoms with E-state index >= 15 is 0 Å². The normalized spacial score (nSPS) is 33.7. The number of ether oxygens (including phenoxy) is 4. The fraction of sp³-hybridized carbons (Fsp3) is 0.714. The molecule has 10 aliphatic rings. The van der Waals surface area contributed by atoms with Crippen LogP contribution in [0.25, 0.3) is 0 Å². The predicted octanol–water partition coefficient (Wildman–Crippen LogP) is 7.93. The molecule has 6 fully saturated rings. The smallest absolute Gasteiger partial charge is 0.311 e. The summed E-state index contributed by atoms with van der Waals surface area (Å²) >= 11 is 0. The van der Waals surface area contributed by atoms with Crippen LogP contribution in [0.2, 0.25) is 0 Å². The zero-order valence-corrected chi connectivity index (χ0v) is 40.0. The monoisotopic (exact) mass is 933 g/mol. The SMILES string of the molecule is O=C(CCCCCCCCCCCCCCC(=O)Oc1ccc2c3c1O[C@H]1C(=O)CC[C@@]4(O)[C@@H](C2)N(CC2CC2)CC[C@]314)Oc1ccc2c3c1O[C@H]1C(=O)CC[C@@]4(O)[C@@H](C2)N(CC2CC2)CC[C@]314. The molecule has 2 aromatic carbocycles. The van der Waals surface area contributed by atoms with Crippen molar-refractivity contribution in [3.63, 3.8) is 0 Å². The highest BCUT2D eigenvalue weighted by Gasteiger charge is 2.75. The van der Waals surface area contributed by atoms with Gasteiger partial charge in [0.2, 0.25) is 0 Å². The quantitative estimate of drug-likeness (QED) is 0.0711. The fourth-order valence-electron chi connectivity index (χ4n) is 15.3. The maximum atomic E-state index is 13.4. The Balaban J connectivity index is 0.538. The van der Waals surface area contributed by atoms with E-state index in [1.165, 1.54) is 51.4 Å². The van der Waals surface area contributed by atoms with Gasteiger partial charge in [-0.2, -0.15) is 0 Å². The van der Waals surface area contributed by atoms with Gasteiger partial charge in [0, 0.05) is 62.0 Å². The number of Topliss-reactive ketones (excluding diaryl/α,β-unsaturated/α-hetero) is 2. The Bertz CT molecular complexity index is 2200. The molecule has 4 bridgehead atoms. The second-order valence-electron chi connectivity index (χ2n) is 23.1. The van der Waals surface area contributed by atoms with Gasteiger partial charge in [0.05, 0.1) is 22.0 Å². The molecule has 2 spiro atoms. The van der Waals surface area contributed by atoms with Crippen LogP contribution >= 0.6 is 0 Å². The number of ketones is 2. The zero-order chi connectivity index (χ0) is 46.4. The van der Waals surface area contributed by atoms with E-state index in [0.29, 0.717) is 74.4 Å². The van der Waals surface area contributed by atoms with Crippen molar-refractivity contribution in [1.29, 1.82) is 0 Å². The number of hydrogen-bond donors (Lipinski definition) is 2. The summed E-state index contributed by atoms with van der Waals surface area (Å²) in [6.07, 6.45) is 21.3. The lowest BCUT2D eigenvalue weighted by Crippen LogP contribution is -2.76. The summed E-state index contributed by atoms with van der Waals surface area (Å²) in [7, 11) is 0. The summed E-state index contributed by atoms with van der Waals surface area (Å²) in [6, 6.07) is 7.73. The van der Waals surface area contributed by atoms with Gasteiger partial charge >= 0.3 is 11.9 Å². The average Bonchev–Trinajstić information content (AvgIpc) is 4.25. The number of carbonyl (C=O) groups is 4. The number of hydrogen-bond acceptors (Lipinski definition) is 12. The fourth-order valence-corrected chi connectivity index (χ4v) is 15.3. The minimum atomic E-state index is -1.03. The highest BCUT2D eigenvalue weighted by atomic mass is 16.6. The van der Waals surface area contributed by atoms with Gasteiger partial charge in [0.15, 0.2) is 46.8 Å². The molecule has 4 heterocycles. The molecule has 2 N–H and O–H groups in total. The first kappa shape index (κ1) is 45.3. The molecule has 8 atom stereocenters. The first-order valence-corrected chi connectivity index (χ1v) is 27.1. The Morgan fingerprint density at radius 2 is 0.941 bits per heavy atom. The van der Waals surface area contributed by atoms with Crippen molar-refractivity contribution in [2.75, 3.05) is 26.2 Å². The Hall–Kier alpha value is -3.84. The third-order valence-corrected chi connectivity index (χ3v) is 19.0. The maximum Gasteiger partial charge on any atom is 0.311 e. The number of nitrogens with zero attached hydrogens (tertiary/aromatic N) is 2.